The van der Waals surface area contributed by atoms with Gasteiger partial charge in [-0.3, -0.25) is 4.72 Å². The van der Waals surface area contributed by atoms with Gasteiger partial charge in [0.15, 0.2) is 0 Å². The minimum Gasteiger partial charge on any atom is -0.490 e. The maximum Gasteiger partial charge on any atom is 0.262 e. The fourth-order valence-corrected chi connectivity index (χ4v) is 3.53. The highest BCUT2D eigenvalue weighted by atomic mass is 35.5. The van der Waals surface area contributed by atoms with E-state index in [1.54, 1.807) is 36.4 Å². The van der Waals surface area contributed by atoms with Crippen LogP contribution in [0.4, 0.5) is 11.4 Å². The summed E-state index contributed by atoms with van der Waals surface area (Å²) < 4.78 is 33.0. The van der Waals surface area contributed by atoms with Crippen molar-refractivity contribution < 1.29 is 13.2 Å². The van der Waals surface area contributed by atoms with E-state index in [-0.39, 0.29) is 4.90 Å². The maximum atomic E-state index is 12.5. The van der Waals surface area contributed by atoms with E-state index in [1.807, 2.05) is 11.9 Å². The van der Waals surface area contributed by atoms with Crippen molar-refractivity contribution in [3.8, 4) is 5.75 Å². The van der Waals surface area contributed by atoms with E-state index in [0.717, 1.165) is 12.2 Å². The molecule has 0 aliphatic carbocycles. The molecule has 0 saturated heterocycles. The Morgan fingerprint density at radius 3 is 2.82 bits per heavy atom. The first-order valence-corrected chi connectivity index (χ1v) is 8.58. The van der Waals surface area contributed by atoms with E-state index in [9.17, 15) is 8.42 Å². The third-order valence-corrected chi connectivity index (χ3v) is 5.03. The van der Waals surface area contributed by atoms with Crippen LogP contribution in [-0.2, 0) is 10.0 Å². The molecule has 1 aliphatic rings. The first-order valence-electron chi connectivity index (χ1n) is 6.72. The summed E-state index contributed by atoms with van der Waals surface area (Å²) in [6.07, 6.45) is 0. The van der Waals surface area contributed by atoms with Crippen LogP contribution >= 0.6 is 11.6 Å². The molecule has 2 aromatic rings. The molecule has 0 bridgehead atoms. The minimum atomic E-state index is -3.69. The lowest BCUT2D eigenvalue weighted by Crippen LogP contribution is -2.29. The van der Waals surface area contributed by atoms with E-state index in [0.29, 0.717) is 23.1 Å². The van der Waals surface area contributed by atoms with Gasteiger partial charge in [-0.15, -0.1) is 0 Å². The number of nitrogens with zero attached hydrogens (tertiary/aromatic N) is 1. The van der Waals surface area contributed by atoms with Gasteiger partial charge in [-0.1, -0.05) is 17.7 Å². The van der Waals surface area contributed by atoms with Crippen LogP contribution in [0.5, 0.6) is 5.75 Å². The van der Waals surface area contributed by atoms with Crippen molar-refractivity contribution in [3.05, 3.63) is 47.5 Å². The van der Waals surface area contributed by atoms with E-state index in [4.69, 9.17) is 16.3 Å². The highest BCUT2D eigenvalue weighted by molar-refractivity contribution is 7.92. The normalized spacial score (nSPS) is 14.2. The molecular formula is C15H15ClN2O3S. The first kappa shape index (κ1) is 15.0. The number of benzene rings is 2. The van der Waals surface area contributed by atoms with Crippen molar-refractivity contribution in [1.82, 2.24) is 0 Å². The number of likely N-dealkylation sites (N-methyl/N-ethyl adjacent to an activating group) is 1. The van der Waals surface area contributed by atoms with Crippen molar-refractivity contribution in [1.29, 1.82) is 0 Å². The Bertz CT molecular complexity index is 808. The second kappa shape index (κ2) is 5.70. The van der Waals surface area contributed by atoms with Gasteiger partial charge in [0, 0.05) is 18.1 Å². The monoisotopic (exact) mass is 338 g/mol. The molecule has 22 heavy (non-hydrogen) atoms. The Hall–Kier alpha value is -1.92. The topological polar surface area (TPSA) is 58.6 Å². The Balaban J connectivity index is 1.92. The molecule has 1 heterocycles. The third-order valence-electron chi connectivity index (χ3n) is 3.41. The molecule has 7 heteroatoms. The number of ether oxygens (including phenoxy) is 1. The number of nitrogens with one attached hydrogen (secondary N) is 1. The molecule has 2 aromatic carbocycles. The van der Waals surface area contributed by atoms with E-state index in [1.165, 1.54) is 6.07 Å². The van der Waals surface area contributed by atoms with Crippen LogP contribution < -0.4 is 14.4 Å². The summed E-state index contributed by atoms with van der Waals surface area (Å²) in [6, 6.07) is 11.4. The molecule has 0 spiro atoms. The lowest BCUT2D eigenvalue weighted by Gasteiger charge is -2.27. The molecule has 0 radical (unpaired) electrons. The van der Waals surface area contributed by atoms with Crippen LogP contribution in [-0.4, -0.2) is 28.6 Å². The van der Waals surface area contributed by atoms with E-state index < -0.39 is 10.0 Å². The second-order valence-electron chi connectivity index (χ2n) is 5.02. The third kappa shape index (κ3) is 2.98. The van der Waals surface area contributed by atoms with Gasteiger partial charge in [0.25, 0.3) is 10.0 Å². The van der Waals surface area contributed by atoms with Gasteiger partial charge in [-0.25, -0.2) is 8.42 Å². The van der Waals surface area contributed by atoms with Gasteiger partial charge in [-0.2, -0.15) is 0 Å². The summed E-state index contributed by atoms with van der Waals surface area (Å²) in [5, 5.41) is 0.468. The number of fused-ring (bicyclic) bond motifs is 1. The lowest BCUT2D eigenvalue weighted by molar-refractivity contribution is 0.310. The zero-order valence-corrected chi connectivity index (χ0v) is 13.5. The summed E-state index contributed by atoms with van der Waals surface area (Å²) in [5.41, 5.74) is 1.30. The Labute approximate surface area is 134 Å². The number of rotatable bonds is 3. The van der Waals surface area contributed by atoms with E-state index >= 15 is 0 Å². The fraction of sp³-hybridized carbons (Fsp3) is 0.200. The zero-order chi connectivity index (χ0) is 15.7. The van der Waals surface area contributed by atoms with Gasteiger partial charge in [0.2, 0.25) is 0 Å². The number of hydrogen-bond donors (Lipinski definition) is 1. The van der Waals surface area contributed by atoms with E-state index in [2.05, 4.69) is 4.72 Å². The van der Waals surface area contributed by atoms with Crippen LogP contribution in [0.15, 0.2) is 47.4 Å². The van der Waals surface area contributed by atoms with Crippen molar-refractivity contribution >= 4 is 33.0 Å². The maximum absolute atomic E-state index is 12.5. The molecule has 0 atom stereocenters. The highest BCUT2D eigenvalue weighted by Crippen LogP contribution is 2.33. The van der Waals surface area contributed by atoms with Crippen molar-refractivity contribution in [3.63, 3.8) is 0 Å². The van der Waals surface area contributed by atoms with Crippen LogP contribution in [0, 0.1) is 0 Å². The minimum absolute atomic E-state index is 0.154. The van der Waals surface area contributed by atoms with Gasteiger partial charge in [0.1, 0.15) is 12.4 Å². The van der Waals surface area contributed by atoms with Gasteiger partial charge < -0.3 is 9.64 Å². The quantitative estimate of drug-likeness (QED) is 0.934. The van der Waals surface area contributed by atoms with Crippen LogP contribution in [0.3, 0.4) is 0 Å². The van der Waals surface area contributed by atoms with Gasteiger partial charge >= 0.3 is 0 Å². The molecule has 0 unspecified atom stereocenters. The van der Waals surface area contributed by atoms with Gasteiger partial charge in [0.05, 0.1) is 22.8 Å². The second-order valence-corrected chi connectivity index (χ2v) is 7.13. The predicted octanol–water partition coefficient (Wildman–Crippen LogP) is 2.97. The Morgan fingerprint density at radius 1 is 1.23 bits per heavy atom. The number of hydrogen-bond acceptors (Lipinski definition) is 4. The average molecular weight is 339 g/mol. The molecule has 116 valence electrons. The molecule has 1 aliphatic heterocycles. The fourth-order valence-electron chi connectivity index (χ4n) is 2.27. The summed E-state index contributed by atoms with van der Waals surface area (Å²) in [4.78, 5) is 2.18. The van der Waals surface area contributed by atoms with Crippen LogP contribution in [0.25, 0.3) is 0 Å². The highest BCUT2D eigenvalue weighted by Gasteiger charge is 2.20. The van der Waals surface area contributed by atoms with Crippen LogP contribution in [0.2, 0.25) is 5.02 Å². The molecule has 0 amide bonds. The summed E-state index contributed by atoms with van der Waals surface area (Å²) in [7, 11) is -1.74. The van der Waals surface area contributed by atoms with Crippen LogP contribution in [0.1, 0.15) is 0 Å². The SMILES string of the molecule is CN1CCOc2cc(S(=O)(=O)Nc3cccc(Cl)c3)ccc21. The molecule has 0 aromatic heterocycles. The largest absolute Gasteiger partial charge is 0.490 e. The average Bonchev–Trinajstić information content (AvgIpc) is 2.47. The smallest absolute Gasteiger partial charge is 0.262 e. The Kier molecular flexibility index (Phi) is 3.88. The molecule has 3 rings (SSSR count). The van der Waals surface area contributed by atoms with Crippen molar-refractivity contribution in [2.75, 3.05) is 29.8 Å². The summed E-state index contributed by atoms with van der Waals surface area (Å²) in [6.45, 7) is 1.31. The summed E-state index contributed by atoms with van der Waals surface area (Å²) in [5.74, 6) is 0.572. The standard InChI is InChI=1S/C15H15ClN2O3S/c1-18-7-8-21-15-10-13(5-6-14(15)18)22(19,20)17-12-4-2-3-11(16)9-12/h2-6,9-10,17H,7-8H2,1H3. The number of halogens is 1. The first-order chi connectivity index (χ1) is 10.5. The molecular weight excluding hydrogens is 324 g/mol. The van der Waals surface area contributed by atoms with Gasteiger partial charge in [-0.05, 0) is 30.3 Å². The predicted molar refractivity (Wildman–Crippen MR) is 87.5 cm³/mol. The molecule has 1 N–H and O–H groups in total. The number of sulfonamides is 1. The molecule has 0 saturated carbocycles. The van der Waals surface area contributed by atoms with Crippen molar-refractivity contribution in [2.45, 2.75) is 4.90 Å². The molecule has 0 fully saturated rings. The molecule has 5 nitrogen and oxygen atoms in total. The Morgan fingerprint density at radius 2 is 2.05 bits per heavy atom. The zero-order valence-electron chi connectivity index (χ0n) is 11.9. The number of anilines is 2. The van der Waals surface area contributed by atoms with Crippen molar-refractivity contribution in [2.24, 2.45) is 0 Å². The summed E-state index contributed by atoms with van der Waals surface area (Å²) >= 11 is 5.87. The lowest BCUT2D eigenvalue weighted by atomic mass is 10.2.